The Balaban J connectivity index is 1.84. The van der Waals surface area contributed by atoms with Gasteiger partial charge in [0, 0.05) is 6.54 Å². The molecule has 0 bridgehead atoms. The molecule has 0 aliphatic carbocycles. The predicted octanol–water partition coefficient (Wildman–Crippen LogP) is 3.23. The van der Waals surface area contributed by atoms with Crippen LogP contribution in [0.2, 0.25) is 0 Å². The van der Waals surface area contributed by atoms with Gasteiger partial charge in [-0.2, -0.15) is 0 Å². The second-order valence-corrected chi connectivity index (χ2v) is 5.75. The lowest BCUT2D eigenvalue weighted by atomic mass is 10.2. The largest absolute Gasteiger partial charge is 0.479 e. The highest BCUT2D eigenvalue weighted by molar-refractivity contribution is 5.84. The van der Waals surface area contributed by atoms with Crippen LogP contribution in [0.4, 0.5) is 4.39 Å². The third kappa shape index (κ3) is 5.88. The molecular weight excluding hydrogens is 337 g/mol. The number of carbonyl (C=O) groups excluding carboxylic acids is 2. The number of rotatable bonds is 8. The van der Waals surface area contributed by atoms with Crippen molar-refractivity contribution in [1.29, 1.82) is 0 Å². The molecule has 5 nitrogen and oxygen atoms in total. The average molecular weight is 359 g/mol. The Labute approximate surface area is 152 Å². The summed E-state index contributed by atoms with van der Waals surface area (Å²) in [6, 6.07) is 14.7. The highest BCUT2D eigenvalue weighted by Gasteiger charge is 2.25. The van der Waals surface area contributed by atoms with E-state index in [1.54, 1.807) is 43.3 Å². The lowest BCUT2D eigenvalue weighted by Gasteiger charge is -2.19. The zero-order valence-electron chi connectivity index (χ0n) is 14.8. The second kappa shape index (κ2) is 9.56. The molecule has 2 aromatic rings. The van der Waals surface area contributed by atoms with Crippen molar-refractivity contribution in [2.45, 2.75) is 39.0 Å². The summed E-state index contributed by atoms with van der Waals surface area (Å²) >= 11 is 0. The quantitative estimate of drug-likeness (QED) is 0.735. The summed E-state index contributed by atoms with van der Waals surface area (Å²) in [5, 5.41) is 2.65. The Bertz CT molecular complexity index is 718. The van der Waals surface area contributed by atoms with Gasteiger partial charge in [0.2, 0.25) is 0 Å². The molecule has 1 amide bonds. The molecule has 0 aliphatic rings. The van der Waals surface area contributed by atoms with Crippen molar-refractivity contribution in [3.05, 3.63) is 66.0 Å². The van der Waals surface area contributed by atoms with E-state index in [1.807, 2.05) is 6.07 Å². The van der Waals surface area contributed by atoms with E-state index in [-0.39, 0.29) is 12.4 Å². The highest BCUT2D eigenvalue weighted by Crippen LogP contribution is 2.14. The minimum atomic E-state index is -0.962. The molecule has 0 saturated heterocycles. The van der Waals surface area contributed by atoms with E-state index in [0.29, 0.717) is 12.2 Å². The van der Waals surface area contributed by atoms with E-state index in [0.717, 1.165) is 5.56 Å². The molecule has 0 fully saturated rings. The van der Waals surface area contributed by atoms with Crippen LogP contribution in [0.15, 0.2) is 54.6 Å². The molecule has 1 N–H and O–H groups in total. The molecule has 0 aliphatic heterocycles. The third-order valence-electron chi connectivity index (χ3n) is 3.70. The van der Waals surface area contributed by atoms with E-state index < -0.39 is 24.1 Å². The summed E-state index contributed by atoms with van der Waals surface area (Å²) in [6.45, 7) is 3.51. The van der Waals surface area contributed by atoms with Gasteiger partial charge in [0.05, 0.1) is 0 Å². The van der Waals surface area contributed by atoms with Crippen LogP contribution in [0, 0.1) is 5.82 Å². The van der Waals surface area contributed by atoms with Gasteiger partial charge < -0.3 is 14.8 Å². The van der Waals surface area contributed by atoms with Gasteiger partial charge in [-0.3, -0.25) is 4.79 Å². The zero-order valence-corrected chi connectivity index (χ0v) is 14.8. The minimum Gasteiger partial charge on any atom is -0.479 e. The van der Waals surface area contributed by atoms with Crippen molar-refractivity contribution in [3.8, 4) is 5.75 Å². The normalized spacial score (nSPS) is 12.7. The predicted molar refractivity (Wildman–Crippen MR) is 94.9 cm³/mol. The molecule has 0 spiro atoms. The molecule has 0 radical (unpaired) electrons. The number of esters is 1. The zero-order chi connectivity index (χ0) is 18.9. The number of ether oxygens (including phenoxy) is 2. The van der Waals surface area contributed by atoms with Gasteiger partial charge in [-0.1, -0.05) is 37.3 Å². The molecule has 6 heteroatoms. The maximum Gasteiger partial charge on any atom is 0.348 e. The first-order chi connectivity index (χ1) is 12.5. The number of nitrogens with one attached hydrogen (secondary N) is 1. The monoisotopic (exact) mass is 359 g/mol. The lowest BCUT2D eigenvalue weighted by Crippen LogP contribution is -2.39. The number of carbonyl (C=O) groups is 2. The van der Waals surface area contributed by atoms with Crippen molar-refractivity contribution in [2.75, 3.05) is 0 Å². The Morgan fingerprint density at radius 1 is 1.08 bits per heavy atom. The van der Waals surface area contributed by atoms with Crippen LogP contribution in [0.25, 0.3) is 0 Å². The Morgan fingerprint density at radius 2 is 1.73 bits per heavy atom. The molecule has 138 valence electrons. The van der Waals surface area contributed by atoms with Crippen molar-refractivity contribution < 1.29 is 23.5 Å². The van der Waals surface area contributed by atoms with Gasteiger partial charge in [-0.05, 0) is 43.2 Å². The molecule has 2 rings (SSSR count). The first-order valence-electron chi connectivity index (χ1n) is 8.44. The minimum absolute atomic E-state index is 0.221. The molecule has 0 saturated carbocycles. The molecule has 2 aromatic carbocycles. The summed E-state index contributed by atoms with van der Waals surface area (Å²) < 4.78 is 23.7. The topological polar surface area (TPSA) is 64.6 Å². The van der Waals surface area contributed by atoms with Crippen molar-refractivity contribution in [2.24, 2.45) is 0 Å². The second-order valence-electron chi connectivity index (χ2n) is 5.75. The number of amides is 1. The van der Waals surface area contributed by atoms with Gasteiger partial charge in [-0.15, -0.1) is 0 Å². The van der Waals surface area contributed by atoms with Crippen molar-refractivity contribution >= 4 is 11.9 Å². The average Bonchev–Trinajstić information content (AvgIpc) is 2.66. The fourth-order valence-electron chi connectivity index (χ4n) is 2.20. The molecule has 0 aromatic heterocycles. The number of para-hydroxylation sites is 1. The Hall–Kier alpha value is -2.89. The van der Waals surface area contributed by atoms with Crippen LogP contribution in [-0.4, -0.2) is 24.1 Å². The third-order valence-corrected chi connectivity index (χ3v) is 3.70. The number of halogens is 1. The number of hydrogen-bond donors (Lipinski definition) is 1. The molecule has 2 atom stereocenters. The van der Waals surface area contributed by atoms with Crippen LogP contribution in [0.1, 0.15) is 25.8 Å². The fraction of sp³-hybridized carbons (Fsp3) is 0.300. The first kappa shape index (κ1) is 19.4. The maximum absolute atomic E-state index is 12.9. The first-order valence-corrected chi connectivity index (χ1v) is 8.44. The summed E-state index contributed by atoms with van der Waals surface area (Å²) in [4.78, 5) is 24.3. The Morgan fingerprint density at radius 3 is 2.35 bits per heavy atom. The van der Waals surface area contributed by atoms with Crippen LogP contribution < -0.4 is 10.1 Å². The van der Waals surface area contributed by atoms with Gasteiger partial charge >= 0.3 is 5.97 Å². The van der Waals surface area contributed by atoms with Crippen molar-refractivity contribution in [1.82, 2.24) is 5.32 Å². The summed E-state index contributed by atoms with van der Waals surface area (Å²) in [5.74, 6) is -0.811. The van der Waals surface area contributed by atoms with Crippen LogP contribution in [0.5, 0.6) is 5.75 Å². The van der Waals surface area contributed by atoms with E-state index in [2.05, 4.69) is 5.32 Å². The smallest absolute Gasteiger partial charge is 0.348 e. The van der Waals surface area contributed by atoms with Gasteiger partial charge in [0.1, 0.15) is 11.6 Å². The highest BCUT2D eigenvalue weighted by atomic mass is 19.1. The lowest BCUT2D eigenvalue weighted by molar-refractivity contribution is -0.161. The van der Waals surface area contributed by atoms with Crippen molar-refractivity contribution in [3.63, 3.8) is 0 Å². The molecule has 0 heterocycles. The SMILES string of the molecule is CC[C@@H](Oc1ccccc1)C(=O)O[C@H](C)C(=O)NCc1ccc(F)cc1. The number of benzene rings is 2. The van der Waals surface area contributed by atoms with E-state index in [9.17, 15) is 14.0 Å². The summed E-state index contributed by atoms with van der Waals surface area (Å²) in [6.07, 6.45) is -1.33. The van der Waals surface area contributed by atoms with Crippen LogP contribution in [-0.2, 0) is 20.9 Å². The molecular formula is C20H22FNO4. The molecule has 0 unspecified atom stereocenters. The van der Waals surface area contributed by atoms with E-state index in [1.165, 1.54) is 19.1 Å². The number of hydrogen-bond acceptors (Lipinski definition) is 4. The standard InChI is InChI=1S/C20H22FNO4/c1-3-18(26-17-7-5-4-6-8-17)20(24)25-14(2)19(23)22-13-15-9-11-16(21)12-10-15/h4-12,14,18H,3,13H2,1-2H3,(H,22,23)/t14-,18-/m1/s1. The Kier molecular flexibility index (Phi) is 7.14. The summed E-state index contributed by atoms with van der Waals surface area (Å²) in [7, 11) is 0. The van der Waals surface area contributed by atoms with Crippen LogP contribution in [0.3, 0.4) is 0 Å². The van der Waals surface area contributed by atoms with Gasteiger partial charge in [0.15, 0.2) is 12.2 Å². The molecule has 26 heavy (non-hydrogen) atoms. The van der Waals surface area contributed by atoms with E-state index >= 15 is 0 Å². The van der Waals surface area contributed by atoms with Gasteiger partial charge in [-0.25, -0.2) is 9.18 Å². The fourth-order valence-corrected chi connectivity index (χ4v) is 2.20. The maximum atomic E-state index is 12.9. The summed E-state index contributed by atoms with van der Waals surface area (Å²) in [5.41, 5.74) is 0.747. The van der Waals surface area contributed by atoms with Gasteiger partial charge in [0.25, 0.3) is 5.91 Å². The van der Waals surface area contributed by atoms with Crippen LogP contribution >= 0.6 is 0 Å². The van der Waals surface area contributed by atoms with E-state index in [4.69, 9.17) is 9.47 Å².